The van der Waals surface area contributed by atoms with E-state index in [1.165, 1.54) is 34.5 Å². The molecule has 6 nitrogen and oxygen atoms in total. The number of rotatable bonds is 3. The molecule has 9 heteroatoms. The lowest BCUT2D eigenvalue weighted by molar-refractivity contribution is -0.138. The fraction of sp³-hybridized carbons (Fsp3) is 0.312. The van der Waals surface area contributed by atoms with Crippen molar-refractivity contribution in [1.29, 1.82) is 0 Å². The first-order chi connectivity index (χ1) is 11.7. The van der Waals surface area contributed by atoms with Crippen molar-refractivity contribution in [3.63, 3.8) is 0 Å². The molecule has 0 aliphatic carbocycles. The Morgan fingerprint density at radius 1 is 1.20 bits per heavy atom. The van der Waals surface area contributed by atoms with Crippen molar-refractivity contribution in [3.8, 4) is 0 Å². The number of halogens is 3. The summed E-state index contributed by atoms with van der Waals surface area (Å²) in [7, 11) is 3.15. The van der Waals surface area contributed by atoms with Crippen molar-refractivity contribution in [3.05, 3.63) is 51.4 Å². The highest BCUT2D eigenvalue weighted by atomic mass is 19.4. The first kappa shape index (κ1) is 17.0. The van der Waals surface area contributed by atoms with Crippen LogP contribution in [0.2, 0.25) is 0 Å². The second-order valence-electron chi connectivity index (χ2n) is 5.71. The van der Waals surface area contributed by atoms with Crippen LogP contribution in [-0.2, 0) is 26.8 Å². The number of benzene rings is 1. The predicted molar refractivity (Wildman–Crippen MR) is 87.3 cm³/mol. The zero-order valence-corrected chi connectivity index (χ0v) is 13.8. The number of aromatic nitrogens is 4. The summed E-state index contributed by atoms with van der Waals surface area (Å²) in [6.45, 7) is 1.61. The maximum absolute atomic E-state index is 13.1. The van der Waals surface area contributed by atoms with E-state index < -0.39 is 11.7 Å². The smallest absolute Gasteiger partial charge is 0.351 e. The van der Waals surface area contributed by atoms with Crippen molar-refractivity contribution in [2.45, 2.75) is 19.6 Å². The molecule has 1 N–H and O–H groups in total. The Hall–Kier alpha value is -2.84. The van der Waals surface area contributed by atoms with E-state index in [0.29, 0.717) is 16.7 Å². The van der Waals surface area contributed by atoms with Gasteiger partial charge in [0.05, 0.1) is 11.3 Å². The molecule has 2 heterocycles. The van der Waals surface area contributed by atoms with E-state index in [-0.39, 0.29) is 23.6 Å². The summed E-state index contributed by atoms with van der Waals surface area (Å²) in [6, 6.07) is 5.29. The lowest BCUT2D eigenvalue weighted by Crippen LogP contribution is -2.24. The zero-order valence-electron chi connectivity index (χ0n) is 13.8. The summed E-state index contributed by atoms with van der Waals surface area (Å²) in [5.41, 5.74) is 0.394. The number of nitrogens with zero attached hydrogens (tertiary/aromatic N) is 4. The summed E-state index contributed by atoms with van der Waals surface area (Å²) >= 11 is 0. The molecule has 0 fully saturated rings. The molecule has 0 radical (unpaired) electrons. The number of fused-ring (bicyclic) bond motifs is 1. The molecule has 1 aromatic carbocycles. The number of hydrogen-bond acceptors (Lipinski definition) is 4. The van der Waals surface area contributed by atoms with Crippen LogP contribution >= 0.6 is 0 Å². The summed E-state index contributed by atoms with van der Waals surface area (Å²) in [4.78, 5) is 16.8. The lowest BCUT2D eigenvalue weighted by atomic mass is 10.1. The van der Waals surface area contributed by atoms with Crippen LogP contribution in [0.3, 0.4) is 0 Å². The van der Waals surface area contributed by atoms with Gasteiger partial charge in [0.25, 0.3) is 5.56 Å². The molecule has 0 unspecified atom stereocenters. The Bertz CT molecular complexity index is 1000. The van der Waals surface area contributed by atoms with Crippen molar-refractivity contribution in [1.82, 2.24) is 19.3 Å². The van der Waals surface area contributed by atoms with Gasteiger partial charge in [-0.1, -0.05) is 18.2 Å². The molecule has 0 saturated heterocycles. The highest BCUT2D eigenvalue weighted by molar-refractivity contribution is 5.77. The molecule has 2 aromatic heterocycles. The van der Waals surface area contributed by atoms with E-state index in [9.17, 15) is 18.0 Å². The van der Waals surface area contributed by atoms with Gasteiger partial charge in [0.1, 0.15) is 5.52 Å². The highest BCUT2D eigenvalue weighted by Gasteiger charge is 2.32. The second-order valence-corrected chi connectivity index (χ2v) is 5.71. The molecule has 0 aliphatic rings. The van der Waals surface area contributed by atoms with Gasteiger partial charge in [-0.15, -0.1) is 0 Å². The van der Waals surface area contributed by atoms with E-state index in [0.717, 1.165) is 6.07 Å². The molecule has 0 aliphatic heterocycles. The van der Waals surface area contributed by atoms with Crippen molar-refractivity contribution >= 4 is 17.0 Å². The Kier molecular flexibility index (Phi) is 4.02. The van der Waals surface area contributed by atoms with Gasteiger partial charge >= 0.3 is 6.18 Å². The number of alkyl halides is 3. The maximum atomic E-state index is 13.1. The maximum Gasteiger partial charge on any atom is 0.416 e. The molecule has 0 amide bonds. The fourth-order valence-corrected chi connectivity index (χ4v) is 2.74. The van der Waals surface area contributed by atoms with Crippen molar-refractivity contribution in [2.24, 2.45) is 14.1 Å². The topological polar surface area (TPSA) is 64.7 Å². The summed E-state index contributed by atoms with van der Waals surface area (Å²) in [5, 5.41) is 6.99. The minimum atomic E-state index is -4.44. The highest BCUT2D eigenvalue weighted by Crippen LogP contribution is 2.32. The fourth-order valence-electron chi connectivity index (χ4n) is 2.74. The van der Waals surface area contributed by atoms with Crippen LogP contribution in [0.5, 0.6) is 0 Å². The minimum absolute atomic E-state index is 0.0762. The van der Waals surface area contributed by atoms with Crippen LogP contribution in [0.25, 0.3) is 11.0 Å². The van der Waals surface area contributed by atoms with Gasteiger partial charge in [0.15, 0.2) is 5.52 Å². The number of aryl methyl sites for hydroxylation is 2. The van der Waals surface area contributed by atoms with Crippen LogP contribution in [-0.4, -0.2) is 19.3 Å². The first-order valence-electron chi connectivity index (χ1n) is 7.49. The zero-order chi connectivity index (χ0) is 18.4. The quantitative estimate of drug-likeness (QED) is 0.788. The summed E-state index contributed by atoms with van der Waals surface area (Å²) < 4.78 is 41.9. The average molecular weight is 351 g/mol. The van der Waals surface area contributed by atoms with Gasteiger partial charge in [0, 0.05) is 20.6 Å². The molecule has 0 spiro atoms. The van der Waals surface area contributed by atoms with Crippen LogP contribution in [0, 0.1) is 6.92 Å². The van der Waals surface area contributed by atoms with Gasteiger partial charge in [0.2, 0.25) is 5.95 Å². The first-order valence-corrected chi connectivity index (χ1v) is 7.49. The molecular formula is C16H16F3N5O. The average Bonchev–Trinajstić information content (AvgIpc) is 2.83. The van der Waals surface area contributed by atoms with Gasteiger partial charge < -0.3 is 5.32 Å². The Labute approximate surface area is 140 Å². The Morgan fingerprint density at radius 3 is 2.56 bits per heavy atom. The molecular weight excluding hydrogens is 335 g/mol. The monoisotopic (exact) mass is 351 g/mol. The van der Waals surface area contributed by atoms with Crippen molar-refractivity contribution in [2.75, 3.05) is 5.32 Å². The third-order valence-electron chi connectivity index (χ3n) is 3.99. The van der Waals surface area contributed by atoms with E-state index in [2.05, 4.69) is 15.4 Å². The number of hydrogen-bond donors (Lipinski definition) is 1. The van der Waals surface area contributed by atoms with E-state index in [1.54, 1.807) is 14.0 Å². The molecule has 25 heavy (non-hydrogen) atoms. The SMILES string of the molecule is Cc1nn(C)c2c(=O)n(C)c(NCc3ccccc3C(F)(F)F)nc12. The Balaban J connectivity index is 1.99. The molecule has 3 rings (SSSR count). The Morgan fingerprint density at radius 2 is 1.88 bits per heavy atom. The van der Waals surface area contributed by atoms with Crippen molar-refractivity contribution < 1.29 is 13.2 Å². The standard InChI is InChI=1S/C16H16F3N5O/c1-9-12-13(24(3)22-9)14(25)23(2)15(21-12)20-8-10-6-4-5-7-11(10)16(17,18)19/h4-7H,8H2,1-3H3,(H,20,21). The van der Waals surface area contributed by atoms with E-state index >= 15 is 0 Å². The normalized spacial score (nSPS) is 11.9. The predicted octanol–water partition coefficient (Wildman–Crippen LogP) is 2.61. The van der Waals surface area contributed by atoms with Gasteiger partial charge in [-0.05, 0) is 18.6 Å². The second kappa shape index (κ2) is 5.91. The molecule has 132 valence electrons. The molecule has 0 saturated carbocycles. The lowest BCUT2D eigenvalue weighted by Gasteiger charge is -2.15. The van der Waals surface area contributed by atoms with Crippen LogP contribution < -0.4 is 10.9 Å². The third kappa shape index (κ3) is 2.97. The summed E-state index contributed by atoms with van der Waals surface area (Å²) in [5.74, 6) is 0.186. The van der Waals surface area contributed by atoms with Crippen LogP contribution in [0.1, 0.15) is 16.8 Å². The third-order valence-corrected chi connectivity index (χ3v) is 3.99. The van der Waals surface area contributed by atoms with Crippen LogP contribution in [0.15, 0.2) is 29.1 Å². The minimum Gasteiger partial charge on any atom is -0.351 e. The molecule has 3 aromatic rings. The largest absolute Gasteiger partial charge is 0.416 e. The molecule has 0 atom stereocenters. The van der Waals surface area contributed by atoms with E-state index in [1.807, 2.05) is 0 Å². The van der Waals surface area contributed by atoms with Gasteiger partial charge in [-0.25, -0.2) is 4.98 Å². The molecule has 0 bridgehead atoms. The van der Waals surface area contributed by atoms with Gasteiger partial charge in [-0.3, -0.25) is 14.0 Å². The number of anilines is 1. The van der Waals surface area contributed by atoms with Crippen LogP contribution in [0.4, 0.5) is 19.1 Å². The van der Waals surface area contributed by atoms with E-state index in [4.69, 9.17) is 0 Å². The summed E-state index contributed by atoms with van der Waals surface area (Å²) in [6.07, 6.45) is -4.44. The van der Waals surface area contributed by atoms with Gasteiger partial charge in [-0.2, -0.15) is 18.3 Å². The number of nitrogens with one attached hydrogen (secondary N) is 1.